The second-order valence-corrected chi connectivity index (χ2v) is 5.48. The Morgan fingerprint density at radius 1 is 1.06 bits per heavy atom. The molecule has 18 heavy (non-hydrogen) atoms. The zero-order chi connectivity index (χ0) is 12.4. The largest absolute Gasteiger partial charge is 0.398 e. The van der Waals surface area contributed by atoms with Crippen LogP contribution in [0.2, 0.25) is 0 Å². The molecule has 2 N–H and O–H groups in total. The van der Waals surface area contributed by atoms with Crippen LogP contribution in [0.15, 0.2) is 24.3 Å². The fourth-order valence-corrected chi connectivity index (χ4v) is 3.17. The van der Waals surface area contributed by atoms with E-state index in [0.29, 0.717) is 0 Å². The summed E-state index contributed by atoms with van der Waals surface area (Å²) >= 11 is 1.63. The smallest absolute Gasteiger partial charge is 0.208 e. The van der Waals surface area contributed by atoms with E-state index in [1.165, 1.54) is 19.3 Å². The van der Waals surface area contributed by atoms with Crippen LogP contribution in [0, 0.1) is 0 Å². The first-order valence-corrected chi connectivity index (χ1v) is 7.09. The Morgan fingerprint density at radius 2 is 1.83 bits per heavy atom. The fraction of sp³-hybridized carbons (Fsp3) is 0.385. The molecule has 4 nitrogen and oxygen atoms in total. The van der Waals surface area contributed by atoms with Crippen molar-refractivity contribution in [3.8, 4) is 10.6 Å². The van der Waals surface area contributed by atoms with Crippen molar-refractivity contribution in [3.63, 3.8) is 0 Å². The van der Waals surface area contributed by atoms with Crippen molar-refractivity contribution in [1.82, 2.24) is 10.2 Å². The number of benzene rings is 1. The Morgan fingerprint density at radius 3 is 2.61 bits per heavy atom. The molecule has 0 amide bonds. The summed E-state index contributed by atoms with van der Waals surface area (Å²) < 4.78 is 0. The van der Waals surface area contributed by atoms with Crippen molar-refractivity contribution in [3.05, 3.63) is 24.3 Å². The molecule has 0 bridgehead atoms. The van der Waals surface area contributed by atoms with E-state index in [4.69, 9.17) is 5.73 Å². The van der Waals surface area contributed by atoms with Gasteiger partial charge in [0.25, 0.3) is 0 Å². The quantitative estimate of drug-likeness (QED) is 0.844. The maximum atomic E-state index is 5.97. The number of nitrogens with two attached hydrogens (primary N) is 1. The Kier molecular flexibility index (Phi) is 3.15. The molecule has 1 aliphatic rings. The molecule has 2 aromatic rings. The fourth-order valence-electron chi connectivity index (χ4n) is 2.23. The van der Waals surface area contributed by atoms with E-state index in [-0.39, 0.29) is 0 Å². The van der Waals surface area contributed by atoms with Crippen LogP contribution in [0.25, 0.3) is 10.6 Å². The van der Waals surface area contributed by atoms with Gasteiger partial charge >= 0.3 is 0 Å². The van der Waals surface area contributed by atoms with E-state index < -0.39 is 0 Å². The number of nitrogens with zero attached hydrogens (tertiary/aromatic N) is 3. The second-order valence-electron chi connectivity index (χ2n) is 4.52. The number of hydrogen-bond acceptors (Lipinski definition) is 5. The SMILES string of the molecule is Nc1ccccc1-c1nnc(N2CCCCC2)s1. The summed E-state index contributed by atoms with van der Waals surface area (Å²) in [6.45, 7) is 2.19. The topological polar surface area (TPSA) is 55.0 Å². The number of rotatable bonds is 2. The number of hydrogen-bond donors (Lipinski definition) is 1. The van der Waals surface area contributed by atoms with Gasteiger partial charge in [0.05, 0.1) is 0 Å². The molecule has 1 saturated heterocycles. The van der Waals surface area contributed by atoms with Gasteiger partial charge in [-0.15, -0.1) is 10.2 Å². The third-order valence-electron chi connectivity index (χ3n) is 3.23. The highest BCUT2D eigenvalue weighted by molar-refractivity contribution is 7.18. The third-order valence-corrected chi connectivity index (χ3v) is 4.25. The summed E-state index contributed by atoms with van der Waals surface area (Å²) in [6, 6.07) is 7.81. The predicted molar refractivity (Wildman–Crippen MR) is 75.8 cm³/mol. The monoisotopic (exact) mass is 260 g/mol. The van der Waals surface area contributed by atoms with Crippen molar-refractivity contribution in [2.75, 3.05) is 23.7 Å². The number of piperidine rings is 1. The van der Waals surface area contributed by atoms with Crippen molar-refractivity contribution >= 4 is 22.2 Å². The van der Waals surface area contributed by atoms with E-state index in [9.17, 15) is 0 Å². The summed E-state index contributed by atoms with van der Waals surface area (Å²) in [5.41, 5.74) is 7.71. The van der Waals surface area contributed by atoms with Crippen LogP contribution in [0.4, 0.5) is 10.8 Å². The van der Waals surface area contributed by atoms with Crippen LogP contribution in [0.5, 0.6) is 0 Å². The van der Waals surface area contributed by atoms with Gasteiger partial charge in [0.1, 0.15) is 0 Å². The van der Waals surface area contributed by atoms with Crippen molar-refractivity contribution in [2.24, 2.45) is 0 Å². The number of anilines is 2. The Balaban J connectivity index is 1.87. The third kappa shape index (κ3) is 2.18. The summed E-state index contributed by atoms with van der Waals surface area (Å²) in [7, 11) is 0. The molecule has 1 fully saturated rings. The van der Waals surface area contributed by atoms with Crippen molar-refractivity contribution in [1.29, 1.82) is 0 Å². The Bertz CT molecular complexity index is 531. The molecule has 1 aromatic carbocycles. The second kappa shape index (κ2) is 4.94. The van der Waals surface area contributed by atoms with Gasteiger partial charge in [-0.05, 0) is 31.4 Å². The molecule has 5 heteroatoms. The van der Waals surface area contributed by atoms with Crippen molar-refractivity contribution in [2.45, 2.75) is 19.3 Å². The van der Waals surface area contributed by atoms with Crippen LogP contribution in [-0.4, -0.2) is 23.3 Å². The van der Waals surface area contributed by atoms with Crippen LogP contribution >= 0.6 is 11.3 Å². The van der Waals surface area contributed by atoms with Gasteiger partial charge in [-0.2, -0.15) is 0 Å². The first-order chi connectivity index (χ1) is 8.84. The standard InChI is InChI=1S/C13H16N4S/c14-11-7-3-2-6-10(11)12-15-16-13(18-12)17-8-4-1-5-9-17/h2-3,6-7H,1,4-5,8-9,14H2. The highest BCUT2D eigenvalue weighted by atomic mass is 32.1. The van der Waals surface area contributed by atoms with Crippen LogP contribution in [0.3, 0.4) is 0 Å². The number of para-hydroxylation sites is 1. The molecule has 0 spiro atoms. The van der Waals surface area contributed by atoms with Gasteiger partial charge in [-0.1, -0.05) is 23.5 Å². The lowest BCUT2D eigenvalue weighted by atomic mass is 10.1. The normalized spacial score (nSPS) is 15.9. The summed E-state index contributed by atoms with van der Waals surface area (Å²) in [5, 5.41) is 10.5. The van der Waals surface area contributed by atoms with Crippen molar-refractivity contribution < 1.29 is 0 Å². The maximum Gasteiger partial charge on any atom is 0.208 e. The van der Waals surface area contributed by atoms with Crippen LogP contribution < -0.4 is 10.6 Å². The van der Waals surface area contributed by atoms with Crippen LogP contribution in [0.1, 0.15) is 19.3 Å². The number of aromatic nitrogens is 2. The zero-order valence-electron chi connectivity index (χ0n) is 10.2. The molecule has 1 aliphatic heterocycles. The first kappa shape index (κ1) is 11.5. The van der Waals surface area contributed by atoms with Gasteiger partial charge in [0, 0.05) is 24.3 Å². The van der Waals surface area contributed by atoms with Crippen LogP contribution in [-0.2, 0) is 0 Å². The molecule has 0 saturated carbocycles. The van der Waals surface area contributed by atoms with Gasteiger partial charge in [0.2, 0.25) is 5.13 Å². The van der Waals surface area contributed by atoms with Gasteiger partial charge in [-0.3, -0.25) is 0 Å². The molecule has 0 aliphatic carbocycles. The molecule has 0 atom stereocenters. The minimum Gasteiger partial charge on any atom is -0.398 e. The Hall–Kier alpha value is -1.62. The van der Waals surface area contributed by atoms with E-state index in [2.05, 4.69) is 15.1 Å². The molecule has 94 valence electrons. The summed E-state index contributed by atoms with van der Waals surface area (Å²) in [5.74, 6) is 0. The van der Waals surface area contributed by atoms with E-state index in [1.807, 2.05) is 24.3 Å². The van der Waals surface area contributed by atoms with E-state index >= 15 is 0 Å². The Labute approximate surface area is 110 Å². The minimum absolute atomic E-state index is 0.763. The summed E-state index contributed by atoms with van der Waals surface area (Å²) in [4.78, 5) is 2.32. The lowest BCUT2D eigenvalue weighted by Crippen LogP contribution is -2.29. The molecular formula is C13H16N4S. The van der Waals surface area contributed by atoms with Gasteiger partial charge in [0.15, 0.2) is 5.01 Å². The lowest BCUT2D eigenvalue weighted by Gasteiger charge is -2.25. The maximum absolute atomic E-state index is 5.97. The average Bonchev–Trinajstić information content (AvgIpc) is 2.90. The first-order valence-electron chi connectivity index (χ1n) is 6.28. The zero-order valence-corrected chi connectivity index (χ0v) is 11.0. The van der Waals surface area contributed by atoms with E-state index in [1.54, 1.807) is 11.3 Å². The molecule has 3 rings (SSSR count). The number of nitrogen functional groups attached to an aromatic ring is 1. The molecular weight excluding hydrogens is 244 g/mol. The molecule has 2 heterocycles. The van der Waals surface area contributed by atoms with Gasteiger partial charge in [-0.25, -0.2) is 0 Å². The predicted octanol–water partition coefficient (Wildman–Crippen LogP) is 2.78. The summed E-state index contributed by atoms with van der Waals surface area (Å²) in [6.07, 6.45) is 3.83. The lowest BCUT2D eigenvalue weighted by molar-refractivity contribution is 0.575. The average molecular weight is 260 g/mol. The minimum atomic E-state index is 0.763. The highest BCUT2D eigenvalue weighted by Crippen LogP contribution is 2.32. The van der Waals surface area contributed by atoms with E-state index in [0.717, 1.165) is 34.5 Å². The van der Waals surface area contributed by atoms with Gasteiger partial charge < -0.3 is 10.6 Å². The highest BCUT2D eigenvalue weighted by Gasteiger charge is 2.16. The molecule has 1 aromatic heterocycles. The molecule has 0 radical (unpaired) electrons. The molecule has 0 unspecified atom stereocenters.